The Kier molecular flexibility index (Phi) is 13.8. The van der Waals surface area contributed by atoms with Crippen molar-refractivity contribution >= 4 is 18.1 Å². The minimum absolute atomic E-state index is 0.0403. The second-order valence-electron chi connectivity index (χ2n) is 11.7. The first-order chi connectivity index (χ1) is 23.3. The van der Waals surface area contributed by atoms with Crippen LogP contribution < -0.4 is 16.0 Å². The lowest BCUT2D eigenvalue weighted by Crippen LogP contribution is -2.54. The Labute approximate surface area is 280 Å². The largest absolute Gasteiger partial charge is 0.445 e. The van der Waals surface area contributed by atoms with Gasteiger partial charge in [-0.15, -0.1) is 0 Å². The normalized spacial score (nSPS) is 13.4. The molecule has 0 aliphatic rings. The molecule has 0 fully saturated rings. The van der Waals surface area contributed by atoms with Crippen molar-refractivity contribution in [3.8, 4) is 0 Å². The molecule has 12 heteroatoms. The number of rotatable bonds is 16. The van der Waals surface area contributed by atoms with Crippen molar-refractivity contribution in [2.75, 3.05) is 0 Å². The lowest BCUT2D eigenvalue weighted by atomic mass is 9.93. The number of alkyl carbamates (subject to hydrolysis) is 2. The van der Waals surface area contributed by atoms with E-state index in [1.54, 1.807) is 36.8 Å². The maximum absolute atomic E-state index is 13.7. The molecular formula is C36H42N6O6. The van der Waals surface area contributed by atoms with Crippen molar-refractivity contribution in [3.63, 3.8) is 0 Å². The van der Waals surface area contributed by atoms with E-state index in [-0.39, 0.29) is 25.6 Å². The molecule has 12 nitrogen and oxygen atoms in total. The number of nitrogens with zero attached hydrogens (tertiary/aromatic N) is 3. The molecule has 3 amide bonds. The Morgan fingerprint density at radius 1 is 0.729 bits per heavy atom. The van der Waals surface area contributed by atoms with Crippen LogP contribution in [0.2, 0.25) is 0 Å². The lowest BCUT2D eigenvalue weighted by molar-refractivity contribution is -0.125. The van der Waals surface area contributed by atoms with Gasteiger partial charge in [0.05, 0.1) is 17.8 Å². The SMILES string of the molecule is CC(C)[C@H](NC(=O)OCc1ccccn1)C(=O)N[C@H](Cc1ccccc1)C[C@H](O)[C@H](Cc1ccccc1)NC(=O)OCc1cncnc1. The molecule has 0 bridgehead atoms. The van der Waals surface area contributed by atoms with Gasteiger partial charge in [0.15, 0.2) is 0 Å². The topological polar surface area (TPSA) is 165 Å². The van der Waals surface area contributed by atoms with E-state index in [9.17, 15) is 19.5 Å². The van der Waals surface area contributed by atoms with E-state index in [0.717, 1.165) is 11.1 Å². The fourth-order valence-corrected chi connectivity index (χ4v) is 5.06. The van der Waals surface area contributed by atoms with Gasteiger partial charge in [0.2, 0.25) is 5.91 Å². The second kappa shape index (κ2) is 18.7. The molecule has 0 saturated carbocycles. The van der Waals surface area contributed by atoms with Crippen LogP contribution in [-0.4, -0.2) is 62.4 Å². The second-order valence-corrected chi connectivity index (χ2v) is 11.7. The van der Waals surface area contributed by atoms with Crippen LogP contribution in [0.4, 0.5) is 9.59 Å². The highest BCUT2D eigenvalue weighted by atomic mass is 16.6. The molecule has 0 spiro atoms. The van der Waals surface area contributed by atoms with Gasteiger partial charge in [0.25, 0.3) is 0 Å². The van der Waals surface area contributed by atoms with Gasteiger partial charge in [-0.1, -0.05) is 80.6 Å². The zero-order valence-electron chi connectivity index (χ0n) is 27.1. The van der Waals surface area contributed by atoms with Gasteiger partial charge < -0.3 is 30.5 Å². The van der Waals surface area contributed by atoms with E-state index in [4.69, 9.17) is 9.47 Å². The number of aliphatic hydroxyl groups excluding tert-OH is 1. The van der Waals surface area contributed by atoms with Crippen molar-refractivity contribution in [3.05, 3.63) is 126 Å². The van der Waals surface area contributed by atoms with Crippen molar-refractivity contribution in [1.29, 1.82) is 0 Å². The smallest absolute Gasteiger partial charge is 0.408 e. The number of carbonyl (C=O) groups excluding carboxylic acids is 3. The number of hydrogen-bond acceptors (Lipinski definition) is 9. The van der Waals surface area contributed by atoms with Crippen LogP contribution in [0.5, 0.6) is 0 Å². The van der Waals surface area contributed by atoms with Crippen molar-refractivity contribution in [2.24, 2.45) is 5.92 Å². The molecule has 0 aliphatic heterocycles. The minimum atomic E-state index is -1.08. The number of aromatic nitrogens is 3. The quantitative estimate of drug-likeness (QED) is 0.139. The molecule has 0 unspecified atom stereocenters. The molecule has 0 radical (unpaired) electrons. The summed E-state index contributed by atoms with van der Waals surface area (Å²) in [5.41, 5.74) is 3.03. The van der Waals surface area contributed by atoms with Crippen LogP contribution in [0, 0.1) is 5.92 Å². The monoisotopic (exact) mass is 654 g/mol. The number of ether oxygens (including phenoxy) is 2. The van der Waals surface area contributed by atoms with E-state index >= 15 is 0 Å². The van der Waals surface area contributed by atoms with E-state index in [0.29, 0.717) is 24.1 Å². The van der Waals surface area contributed by atoms with Gasteiger partial charge in [0, 0.05) is 30.2 Å². The van der Waals surface area contributed by atoms with Gasteiger partial charge in [-0.05, 0) is 48.4 Å². The summed E-state index contributed by atoms with van der Waals surface area (Å²) in [5, 5.41) is 20.1. The lowest BCUT2D eigenvalue weighted by Gasteiger charge is -2.30. The zero-order valence-corrected chi connectivity index (χ0v) is 27.1. The number of hydrogen-bond donors (Lipinski definition) is 4. The third-order valence-corrected chi connectivity index (χ3v) is 7.55. The van der Waals surface area contributed by atoms with Gasteiger partial charge in [-0.3, -0.25) is 9.78 Å². The van der Waals surface area contributed by atoms with Gasteiger partial charge >= 0.3 is 12.2 Å². The van der Waals surface area contributed by atoms with Crippen molar-refractivity contribution in [2.45, 2.75) is 70.6 Å². The van der Waals surface area contributed by atoms with E-state index in [2.05, 4.69) is 30.9 Å². The number of pyridine rings is 1. The Bertz CT molecular complexity index is 1550. The molecular weight excluding hydrogens is 612 g/mol. The third kappa shape index (κ3) is 12.1. The van der Waals surface area contributed by atoms with Gasteiger partial charge in [-0.2, -0.15) is 0 Å². The van der Waals surface area contributed by atoms with Crippen LogP contribution in [0.15, 0.2) is 104 Å². The van der Waals surface area contributed by atoms with Crippen molar-refractivity contribution < 1.29 is 29.0 Å². The van der Waals surface area contributed by atoms with Crippen molar-refractivity contribution in [1.82, 2.24) is 30.9 Å². The molecule has 4 rings (SSSR count). The molecule has 48 heavy (non-hydrogen) atoms. The average Bonchev–Trinajstić information content (AvgIpc) is 3.10. The van der Waals surface area contributed by atoms with Gasteiger partial charge in [-0.25, -0.2) is 19.6 Å². The first-order valence-electron chi connectivity index (χ1n) is 15.8. The Morgan fingerprint density at radius 2 is 1.33 bits per heavy atom. The molecule has 2 heterocycles. The number of amides is 3. The molecule has 2 aromatic carbocycles. The highest BCUT2D eigenvalue weighted by Gasteiger charge is 2.30. The fraction of sp³-hybridized carbons (Fsp3) is 0.333. The Hall–Kier alpha value is -5.36. The predicted octanol–water partition coefficient (Wildman–Crippen LogP) is 4.14. The van der Waals surface area contributed by atoms with Gasteiger partial charge in [0.1, 0.15) is 25.6 Å². The molecule has 0 aliphatic carbocycles. The zero-order chi connectivity index (χ0) is 34.1. The maximum Gasteiger partial charge on any atom is 0.408 e. The summed E-state index contributed by atoms with van der Waals surface area (Å²) in [7, 11) is 0. The van der Waals surface area contributed by atoms with E-state index < -0.39 is 42.3 Å². The first kappa shape index (κ1) is 35.5. The van der Waals surface area contributed by atoms with Crippen LogP contribution in [-0.2, 0) is 40.3 Å². The third-order valence-electron chi connectivity index (χ3n) is 7.55. The summed E-state index contributed by atoms with van der Waals surface area (Å²) in [4.78, 5) is 51.2. The molecule has 4 N–H and O–H groups in total. The standard InChI is InChI=1S/C36H42N6O6/c1-25(2)33(42-36(46)48-23-29-15-9-10-16-39-29)34(44)40-30(17-26-11-5-3-6-12-26)19-32(43)31(18-27-13-7-4-8-14-27)41-35(45)47-22-28-20-37-24-38-21-28/h3-16,20-21,24-25,30-33,43H,17-19,22-23H2,1-2H3,(H,40,44)(H,41,45)(H,42,46)/t30-,31+,32+,33+/m1/s1. The molecule has 4 aromatic rings. The highest BCUT2D eigenvalue weighted by Crippen LogP contribution is 2.15. The maximum atomic E-state index is 13.7. The summed E-state index contributed by atoms with van der Waals surface area (Å²) in [6.45, 7) is 3.55. The molecule has 252 valence electrons. The molecule has 0 saturated heterocycles. The number of carbonyl (C=O) groups is 3. The first-order valence-corrected chi connectivity index (χ1v) is 15.8. The predicted molar refractivity (Wildman–Crippen MR) is 178 cm³/mol. The van der Waals surface area contributed by atoms with E-state index in [1.165, 1.54) is 6.33 Å². The summed E-state index contributed by atoms with van der Waals surface area (Å²) in [5.74, 6) is -0.697. The fourth-order valence-electron chi connectivity index (χ4n) is 5.06. The number of nitrogens with one attached hydrogen (secondary N) is 3. The highest BCUT2D eigenvalue weighted by molar-refractivity contribution is 5.86. The Balaban J connectivity index is 1.46. The summed E-state index contributed by atoms with van der Waals surface area (Å²) in [6, 6.07) is 22.1. The number of benzene rings is 2. The molecule has 2 aromatic heterocycles. The molecule has 4 atom stereocenters. The van der Waals surface area contributed by atoms with Crippen LogP contribution >= 0.6 is 0 Å². The van der Waals surface area contributed by atoms with Crippen LogP contribution in [0.1, 0.15) is 42.7 Å². The van der Waals surface area contributed by atoms with E-state index in [1.807, 2.05) is 74.5 Å². The number of aliphatic hydroxyl groups is 1. The summed E-state index contributed by atoms with van der Waals surface area (Å²) >= 11 is 0. The van der Waals surface area contributed by atoms with Crippen LogP contribution in [0.3, 0.4) is 0 Å². The summed E-state index contributed by atoms with van der Waals surface area (Å²) in [6.07, 6.45) is 4.35. The summed E-state index contributed by atoms with van der Waals surface area (Å²) < 4.78 is 10.7. The average molecular weight is 655 g/mol. The van der Waals surface area contributed by atoms with Crippen LogP contribution in [0.25, 0.3) is 0 Å². The Morgan fingerprint density at radius 3 is 1.96 bits per heavy atom. The minimum Gasteiger partial charge on any atom is -0.445 e.